The minimum Gasteiger partial charge on any atom is -0.393 e. The molecule has 0 spiro atoms. The molecule has 0 bridgehead atoms. The number of nitrogens with zero attached hydrogens (tertiary/aromatic N) is 1. The number of aliphatic hydroxyl groups is 1. The van der Waals surface area contributed by atoms with E-state index in [2.05, 4.69) is 0 Å². The monoisotopic (exact) mass is 271 g/mol. The molecule has 1 aliphatic rings. The highest BCUT2D eigenvalue weighted by molar-refractivity contribution is 7.79. The fourth-order valence-corrected chi connectivity index (χ4v) is 2.22. The van der Waals surface area contributed by atoms with Gasteiger partial charge in [0.1, 0.15) is 0 Å². The number of piperidine rings is 1. The van der Waals surface area contributed by atoms with Crippen LogP contribution in [0.15, 0.2) is 0 Å². The first-order valence-electron chi connectivity index (χ1n) is 5.13. The van der Waals surface area contributed by atoms with Crippen molar-refractivity contribution in [1.29, 1.82) is 0 Å². The fraction of sp³-hybridized carbons (Fsp3) is 1.00. The molecule has 1 fully saturated rings. The number of aliphatic hydroxyl groups excluding tert-OH is 1. The van der Waals surface area contributed by atoms with E-state index in [0.717, 1.165) is 0 Å². The minimum absolute atomic E-state index is 0.293. The lowest BCUT2D eigenvalue weighted by atomic mass is 9.80. The van der Waals surface area contributed by atoms with E-state index in [4.69, 9.17) is 17.5 Å². The maximum Gasteiger partial charge on any atom is 0.394 e. The third kappa shape index (κ3) is 6.29. The van der Waals surface area contributed by atoms with Gasteiger partial charge >= 0.3 is 10.4 Å². The number of hydrogen-bond acceptors (Lipinski definition) is 5. The highest BCUT2D eigenvalue weighted by Gasteiger charge is 2.44. The molecule has 0 aromatic heterocycles. The average Bonchev–Trinajstić information content (AvgIpc) is 1.94. The molecule has 0 aromatic carbocycles. The molecule has 0 unspecified atom stereocenters. The summed E-state index contributed by atoms with van der Waals surface area (Å²) in [5.74, 6) is 0. The summed E-state index contributed by atoms with van der Waals surface area (Å²) in [6.07, 6.45) is 0.971. The second-order valence-corrected chi connectivity index (χ2v) is 6.34. The van der Waals surface area contributed by atoms with Crippen molar-refractivity contribution in [3.8, 4) is 0 Å². The second kappa shape index (κ2) is 5.17. The Morgan fingerprint density at radius 2 is 1.29 bits per heavy atom. The summed E-state index contributed by atoms with van der Waals surface area (Å²) in [7, 11) is -4.67. The van der Waals surface area contributed by atoms with Crippen molar-refractivity contribution in [3.63, 3.8) is 0 Å². The SMILES string of the molecule is CC1(C)CC(O)CC(C)(C)N1O.O=S(=O)(O)O. The van der Waals surface area contributed by atoms with E-state index in [1.807, 2.05) is 27.7 Å². The molecule has 0 aliphatic carbocycles. The summed E-state index contributed by atoms with van der Waals surface area (Å²) in [5, 5.41) is 20.7. The summed E-state index contributed by atoms with van der Waals surface area (Å²) in [4.78, 5) is 0. The zero-order chi connectivity index (χ0) is 14.1. The van der Waals surface area contributed by atoms with Crippen molar-refractivity contribution in [3.05, 3.63) is 0 Å². The van der Waals surface area contributed by atoms with Crippen molar-refractivity contribution in [2.75, 3.05) is 0 Å². The zero-order valence-corrected chi connectivity index (χ0v) is 11.3. The molecule has 1 saturated heterocycles. The molecular weight excluding hydrogens is 250 g/mol. The first kappa shape index (κ1) is 16.8. The normalized spacial score (nSPS) is 24.9. The lowest BCUT2D eigenvalue weighted by Crippen LogP contribution is -2.60. The van der Waals surface area contributed by atoms with Crippen LogP contribution in [0.25, 0.3) is 0 Å². The zero-order valence-electron chi connectivity index (χ0n) is 10.5. The third-order valence-electron chi connectivity index (χ3n) is 2.62. The van der Waals surface area contributed by atoms with E-state index in [1.165, 1.54) is 5.06 Å². The quantitative estimate of drug-likeness (QED) is 0.480. The molecule has 0 saturated carbocycles. The van der Waals surface area contributed by atoms with E-state index in [1.54, 1.807) is 0 Å². The summed E-state index contributed by atoms with van der Waals surface area (Å²) in [6, 6.07) is 0. The Morgan fingerprint density at radius 1 is 1.06 bits per heavy atom. The van der Waals surface area contributed by atoms with Crippen LogP contribution in [0, 0.1) is 0 Å². The van der Waals surface area contributed by atoms with Gasteiger partial charge in [-0.05, 0) is 40.5 Å². The first-order valence-corrected chi connectivity index (χ1v) is 6.52. The lowest BCUT2D eigenvalue weighted by molar-refractivity contribution is -0.257. The Balaban J connectivity index is 0.000000437. The molecule has 8 heteroatoms. The van der Waals surface area contributed by atoms with Crippen LogP contribution in [-0.2, 0) is 10.4 Å². The predicted octanol–water partition coefficient (Wildman–Crippen LogP) is 0.737. The molecule has 4 N–H and O–H groups in total. The summed E-state index contributed by atoms with van der Waals surface area (Å²) < 4.78 is 31.6. The maximum atomic E-state index is 9.80. The number of hydrogen-bond donors (Lipinski definition) is 4. The fourth-order valence-electron chi connectivity index (χ4n) is 2.22. The van der Waals surface area contributed by atoms with Crippen molar-refractivity contribution < 1.29 is 27.8 Å². The van der Waals surface area contributed by atoms with Crippen LogP contribution in [0.1, 0.15) is 40.5 Å². The van der Waals surface area contributed by atoms with Crippen molar-refractivity contribution in [2.24, 2.45) is 0 Å². The minimum atomic E-state index is -4.67. The molecule has 0 radical (unpaired) electrons. The molecule has 1 heterocycles. The van der Waals surface area contributed by atoms with Crippen LogP contribution in [0.2, 0.25) is 0 Å². The van der Waals surface area contributed by atoms with Crippen LogP contribution >= 0.6 is 0 Å². The van der Waals surface area contributed by atoms with Crippen molar-refractivity contribution >= 4 is 10.4 Å². The van der Waals surface area contributed by atoms with Gasteiger partial charge in [-0.2, -0.15) is 13.5 Å². The summed E-state index contributed by atoms with van der Waals surface area (Å²) >= 11 is 0. The van der Waals surface area contributed by atoms with Gasteiger partial charge in [-0.3, -0.25) is 9.11 Å². The van der Waals surface area contributed by atoms with Gasteiger partial charge < -0.3 is 10.3 Å². The van der Waals surface area contributed by atoms with Crippen LogP contribution in [0.3, 0.4) is 0 Å². The van der Waals surface area contributed by atoms with Gasteiger partial charge in [-0.15, -0.1) is 0 Å². The number of hydroxylamine groups is 2. The van der Waals surface area contributed by atoms with Crippen LogP contribution in [-0.4, -0.2) is 50.1 Å². The smallest absolute Gasteiger partial charge is 0.393 e. The van der Waals surface area contributed by atoms with Gasteiger partial charge in [0.25, 0.3) is 0 Å². The molecule has 0 amide bonds. The highest BCUT2D eigenvalue weighted by Crippen LogP contribution is 2.36. The topological polar surface area (TPSA) is 118 Å². The average molecular weight is 271 g/mol. The first-order chi connectivity index (χ1) is 7.26. The Kier molecular flexibility index (Phi) is 5.09. The lowest BCUT2D eigenvalue weighted by Gasteiger charge is -2.50. The van der Waals surface area contributed by atoms with E-state index in [9.17, 15) is 10.3 Å². The molecule has 1 rings (SSSR count). The van der Waals surface area contributed by atoms with Gasteiger partial charge in [0.2, 0.25) is 0 Å². The van der Waals surface area contributed by atoms with E-state index in [-0.39, 0.29) is 17.2 Å². The van der Waals surface area contributed by atoms with E-state index < -0.39 is 10.4 Å². The molecule has 7 nitrogen and oxygen atoms in total. The van der Waals surface area contributed by atoms with Crippen LogP contribution in [0.5, 0.6) is 0 Å². The summed E-state index contributed by atoms with van der Waals surface area (Å²) in [6.45, 7) is 7.77. The van der Waals surface area contributed by atoms with Gasteiger partial charge in [-0.25, -0.2) is 0 Å². The summed E-state index contributed by atoms with van der Waals surface area (Å²) in [5.41, 5.74) is -0.637. The van der Waals surface area contributed by atoms with Gasteiger partial charge in [0, 0.05) is 11.1 Å². The van der Waals surface area contributed by atoms with Crippen LogP contribution in [0.4, 0.5) is 0 Å². The highest BCUT2D eigenvalue weighted by atomic mass is 32.3. The van der Waals surface area contributed by atoms with Crippen molar-refractivity contribution in [1.82, 2.24) is 5.06 Å². The largest absolute Gasteiger partial charge is 0.394 e. The van der Waals surface area contributed by atoms with Gasteiger partial charge in [-0.1, -0.05) is 0 Å². The second-order valence-electron chi connectivity index (χ2n) is 5.45. The Hall–Kier alpha value is -0.250. The van der Waals surface area contributed by atoms with E-state index in [0.29, 0.717) is 12.8 Å². The molecule has 0 atom stereocenters. The number of rotatable bonds is 0. The van der Waals surface area contributed by atoms with Gasteiger partial charge in [0.15, 0.2) is 0 Å². The Labute approximate surface area is 102 Å². The van der Waals surface area contributed by atoms with Crippen LogP contribution < -0.4 is 0 Å². The Bertz CT molecular complexity index is 324. The molecule has 1 aliphatic heterocycles. The molecule has 104 valence electrons. The third-order valence-corrected chi connectivity index (χ3v) is 2.62. The maximum absolute atomic E-state index is 9.80. The van der Waals surface area contributed by atoms with Gasteiger partial charge in [0.05, 0.1) is 6.10 Å². The molecular formula is C9H21NO6S. The van der Waals surface area contributed by atoms with E-state index >= 15 is 0 Å². The molecule has 0 aromatic rings. The standard InChI is InChI=1S/C9H19NO2.H2O4S/c1-8(2)5-7(11)6-9(3,4)10(8)12;1-5(2,3)4/h7,11-12H,5-6H2,1-4H3;(H2,1,2,3,4). The predicted molar refractivity (Wildman–Crippen MR) is 61.2 cm³/mol. The Morgan fingerprint density at radius 3 is 1.53 bits per heavy atom. The molecule has 17 heavy (non-hydrogen) atoms. The van der Waals surface area contributed by atoms with Crippen molar-refractivity contribution in [2.45, 2.75) is 57.7 Å².